The van der Waals surface area contributed by atoms with Gasteiger partial charge in [0.25, 0.3) is 0 Å². The van der Waals surface area contributed by atoms with Crippen LogP contribution >= 0.6 is 0 Å². The number of rotatable bonds is 0. The van der Waals surface area contributed by atoms with Gasteiger partial charge in [-0.25, -0.2) is 0 Å². The van der Waals surface area contributed by atoms with Gasteiger partial charge in [0.05, 0.1) is 5.69 Å². The summed E-state index contributed by atoms with van der Waals surface area (Å²) in [5.41, 5.74) is 3.55. The Hall–Kier alpha value is -1.37. The molecule has 1 nitrogen and oxygen atoms in total. The predicted molar refractivity (Wildman–Crippen MR) is 48.2 cm³/mol. The number of nitrogens with zero attached hydrogens (tertiary/aromatic N) is 1. The zero-order chi connectivity index (χ0) is 7.68. The molecule has 0 unspecified atom stereocenters. The Morgan fingerprint density at radius 1 is 1.27 bits per heavy atom. The Morgan fingerprint density at radius 3 is 2.91 bits per heavy atom. The molecule has 2 rings (SSSR count). The van der Waals surface area contributed by atoms with E-state index in [2.05, 4.69) is 17.1 Å². The Kier molecular flexibility index (Phi) is 1.35. The molecule has 0 atom stereocenters. The van der Waals surface area contributed by atoms with E-state index in [4.69, 9.17) is 0 Å². The van der Waals surface area contributed by atoms with Gasteiger partial charge < -0.3 is 0 Å². The van der Waals surface area contributed by atoms with Gasteiger partial charge in [-0.15, -0.1) is 0 Å². The fraction of sp³-hybridized carbons (Fsp3) is 0.100. The van der Waals surface area contributed by atoms with Crippen molar-refractivity contribution in [2.75, 3.05) is 0 Å². The number of para-hydroxylation sites is 1. The van der Waals surface area contributed by atoms with Crippen molar-refractivity contribution in [1.82, 2.24) is 0 Å². The summed E-state index contributed by atoms with van der Waals surface area (Å²) in [6.07, 6.45) is 3.99. The SMILES string of the molecule is C/C=C1/C=Nc2ccccc21. The van der Waals surface area contributed by atoms with Crippen molar-refractivity contribution in [1.29, 1.82) is 0 Å². The van der Waals surface area contributed by atoms with Crippen molar-refractivity contribution in [3.63, 3.8) is 0 Å². The van der Waals surface area contributed by atoms with Crippen LogP contribution in [0.2, 0.25) is 0 Å². The molecule has 0 aliphatic carbocycles. The third-order valence-corrected chi connectivity index (χ3v) is 1.87. The molecule has 0 radical (unpaired) electrons. The molecule has 54 valence electrons. The smallest absolute Gasteiger partial charge is 0.0708 e. The Bertz CT molecular complexity index is 334. The zero-order valence-electron chi connectivity index (χ0n) is 6.41. The molecule has 1 heterocycles. The molecule has 11 heavy (non-hydrogen) atoms. The van der Waals surface area contributed by atoms with E-state index in [-0.39, 0.29) is 0 Å². The van der Waals surface area contributed by atoms with Gasteiger partial charge in [0.15, 0.2) is 0 Å². The average molecular weight is 143 g/mol. The van der Waals surface area contributed by atoms with Gasteiger partial charge in [-0.05, 0) is 18.6 Å². The lowest BCUT2D eigenvalue weighted by Crippen LogP contribution is -1.76. The summed E-state index contributed by atoms with van der Waals surface area (Å²) in [6.45, 7) is 2.03. The monoisotopic (exact) mass is 143 g/mol. The first-order chi connectivity index (χ1) is 5.42. The van der Waals surface area contributed by atoms with E-state index < -0.39 is 0 Å². The molecule has 1 heteroatoms. The maximum Gasteiger partial charge on any atom is 0.0708 e. The van der Waals surface area contributed by atoms with E-state index in [1.54, 1.807) is 0 Å². The van der Waals surface area contributed by atoms with Gasteiger partial charge in [0.2, 0.25) is 0 Å². The summed E-state index contributed by atoms with van der Waals surface area (Å²) in [4.78, 5) is 4.26. The maximum absolute atomic E-state index is 4.26. The molecule has 0 amide bonds. The Balaban J connectivity index is 2.63. The fourth-order valence-electron chi connectivity index (χ4n) is 1.27. The van der Waals surface area contributed by atoms with Crippen molar-refractivity contribution in [3.05, 3.63) is 35.9 Å². The summed E-state index contributed by atoms with van der Waals surface area (Å²) < 4.78 is 0. The maximum atomic E-state index is 4.26. The Morgan fingerprint density at radius 2 is 2.09 bits per heavy atom. The van der Waals surface area contributed by atoms with E-state index in [0.717, 1.165) is 5.69 Å². The number of hydrogen-bond donors (Lipinski definition) is 0. The third-order valence-electron chi connectivity index (χ3n) is 1.87. The van der Waals surface area contributed by atoms with Crippen LogP contribution in [-0.2, 0) is 0 Å². The lowest BCUT2D eigenvalue weighted by molar-refractivity contribution is 1.55. The highest BCUT2D eigenvalue weighted by Gasteiger charge is 2.08. The van der Waals surface area contributed by atoms with Crippen LogP contribution in [0, 0.1) is 0 Å². The lowest BCUT2D eigenvalue weighted by Gasteiger charge is -1.95. The number of hydrogen-bond acceptors (Lipinski definition) is 1. The molecule has 0 aromatic heterocycles. The van der Waals surface area contributed by atoms with Crippen molar-refractivity contribution in [3.8, 4) is 0 Å². The van der Waals surface area contributed by atoms with Gasteiger partial charge >= 0.3 is 0 Å². The molecule has 0 fully saturated rings. The molecular weight excluding hydrogens is 134 g/mol. The van der Waals surface area contributed by atoms with Crippen molar-refractivity contribution < 1.29 is 0 Å². The highest BCUT2D eigenvalue weighted by molar-refractivity contribution is 6.16. The molecule has 1 aromatic rings. The summed E-state index contributed by atoms with van der Waals surface area (Å²) in [5, 5.41) is 0. The van der Waals surface area contributed by atoms with Crippen LogP contribution in [0.15, 0.2) is 35.3 Å². The predicted octanol–water partition coefficient (Wildman–Crippen LogP) is 2.81. The quantitative estimate of drug-likeness (QED) is 0.529. The largest absolute Gasteiger partial charge is 0.256 e. The average Bonchev–Trinajstić information content (AvgIpc) is 2.47. The van der Waals surface area contributed by atoms with Crippen LogP contribution < -0.4 is 0 Å². The molecule has 0 bridgehead atoms. The number of aliphatic imine (C=N–C) groups is 1. The van der Waals surface area contributed by atoms with Gasteiger partial charge in [-0.1, -0.05) is 24.3 Å². The molecule has 0 spiro atoms. The summed E-state index contributed by atoms with van der Waals surface area (Å²) in [7, 11) is 0. The normalized spacial score (nSPS) is 17.4. The molecule has 1 aliphatic rings. The number of benzene rings is 1. The van der Waals surface area contributed by atoms with Gasteiger partial charge in [-0.2, -0.15) is 0 Å². The van der Waals surface area contributed by atoms with E-state index in [1.165, 1.54) is 11.1 Å². The second-order valence-corrected chi connectivity index (χ2v) is 2.52. The fourth-order valence-corrected chi connectivity index (χ4v) is 1.27. The minimum atomic E-state index is 1.08. The molecule has 0 saturated heterocycles. The first-order valence-electron chi connectivity index (χ1n) is 3.71. The molecule has 1 aliphatic heterocycles. The highest BCUT2D eigenvalue weighted by Crippen LogP contribution is 2.30. The summed E-state index contributed by atoms with van der Waals surface area (Å²) in [6, 6.07) is 8.17. The third kappa shape index (κ3) is 0.891. The van der Waals surface area contributed by atoms with Crippen LogP contribution in [0.5, 0.6) is 0 Å². The van der Waals surface area contributed by atoms with Crippen LogP contribution in [0.25, 0.3) is 5.57 Å². The van der Waals surface area contributed by atoms with Crippen LogP contribution in [0.1, 0.15) is 12.5 Å². The first kappa shape index (κ1) is 6.35. The topological polar surface area (TPSA) is 12.4 Å². The van der Waals surface area contributed by atoms with Crippen molar-refractivity contribution >= 4 is 17.5 Å². The molecule has 0 saturated carbocycles. The summed E-state index contributed by atoms with van der Waals surface area (Å²) in [5.74, 6) is 0. The first-order valence-corrected chi connectivity index (χ1v) is 3.71. The van der Waals surface area contributed by atoms with Crippen LogP contribution in [0.4, 0.5) is 5.69 Å². The zero-order valence-corrected chi connectivity index (χ0v) is 6.41. The second kappa shape index (κ2) is 2.35. The van der Waals surface area contributed by atoms with Gasteiger partial charge in [-0.3, -0.25) is 4.99 Å². The van der Waals surface area contributed by atoms with Crippen LogP contribution in [-0.4, -0.2) is 6.21 Å². The minimum absolute atomic E-state index is 1.08. The molecule has 1 aromatic carbocycles. The highest BCUT2D eigenvalue weighted by atomic mass is 14.7. The van der Waals surface area contributed by atoms with E-state index in [1.807, 2.05) is 31.3 Å². The second-order valence-electron chi connectivity index (χ2n) is 2.52. The number of fused-ring (bicyclic) bond motifs is 1. The standard InChI is InChI=1S/C10H9N/c1-2-8-7-11-10-6-4-3-5-9(8)10/h2-7H,1H3/b8-2-. The van der Waals surface area contributed by atoms with E-state index in [0.29, 0.717) is 0 Å². The van der Waals surface area contributed by atoms with Gasteiger partial charge in [0, 0.05) is 11.8 Å². The summed E-state index contributed by atoms with van der Waals surface area (Å²) >= 11 is 0. The molecule has 0 N–H and O–H groups in total. The number of allylic oxidation sites excluding steroid dienone is 2. The lowest BCUT2D eigenvalue weighted by atomic mass is 10.1. The van der Waals surface area contributed by atoms with Crippen molar-refractivity contribution in [2.24, 2.45) is 4.99 Å². The van der Waals surface area contributed by atoms with Crippen LogP contribution in [0.3, 0.4) is 0 Å². The molecular formula is C10H9N. The van der Waals surface area contributed by atoms with E-state index >= 15 is 0 Å². The van der Waals surface area contributed by atoms with Crippen molar-refractivity contribution in [2.45, 2.75) is 6.92 Å². The minimum Gasteiger partial charge on any atom is -0.256 e. The van der Waals surface area contributed by atoms with Gasteiger partial charge in [0.1, 0.15) is 0 Å². The Labute approximate surface area is 66.1 Å². The van der Waals surface area contributed by atoms with E-state index in [9.17, 15) is 0 Å².